The van der Waals surface area contributed by atoms with Crippen LogP contribution < -0.4 is 5.32 Å². The highest BCUT2D eigenvalue weighted by Crippen LogP contribution is 2.34. The standard InChI is InChI=1S/C9H16N2O/c1-8(12)11-6-2-3-9(11)4-5-10-7-9/h10H,2-7H2,1H3/t9-/m0/s1. The molecule has 2 aliphatic heterocycles. The molecule has 0 aliphatic carbocycles. The van der Waals surface area contributed by atoms with Crippen LogP contribution in [-0.4, -0.2) is 36.0 Å². The highest BCUT2D eigenvalue weighted by molar-refractivity contribution is 5.74. The quantitative estimate of drug-likeness (QED) is 0.566. The zero-order valence-electron chi connectivity index (χ0n) is 7.60. The zero-order chi connectivity index (χ0) is 8.60. The summed E-state index contributed by atoms with van der Waals surface area (Å²) < 4.78 is 0. The lowest BCUT2D eigenvalue weighted by Gasteiger charge is -2.33. The van der Waals surface area contributed by atoms with Gasteiger partial charge in [0.1, 0.15) is 0 Å². The van der Waals surface area contributed by atoms with E-state index in [-0.39, 0.29) is 11.4 Å². The van der Waals surface area contributed by atoms with Crippen LogP contribution in [0.5, 0.6) is 0 Å². The number of amides is 1. The largest absolute Gasteiger partial charge is 0.336 e. The van der Waals surface area contributed by atoms with E-state index in [2.05, 4.69) is 10.2 Å². The molecule has 0 aromatic carbocycles. The second-order valence-corrected chi connectivity index (χ2v) is 3.93. The topological polar surface area (TPSA) is 32.3 Å². The summed E-state index contributed by atoms with van der Waals surface area (Å²) in [6.45, 7) is 4.73. The Bertz CT molecular complexity index is 191. The van der Waals surface area contributed by atoms with Crippen molar-refractivity contribution in [1.29, 1.82) is 0 Å². The second-order valence-electron chi connectivity index (χ2n) is 3.93. The molecule has 68 valence electrons. The average molecular weight is 168 g/mol. The third-order valence-electron chi connectivity index (χ3n) is 3.20. The molecule has 2 aliphatic rings. The van der Waals surface area contributed by atoms with Crippen molar-refractivity contribution in [2.24, 2.45) is 0 Å². The summed E-state index contributed by atoms with van der Waals surface area (Å²) in [5.74, 6) is 0.246. The first-order valence-electron chi connectivity index (χ1n) is 4.74. The molecule has 0 saturated carbocycles. The monoisotopic (exact) mass is 168 g/mol. The van der Waals surface area contributed by atoms with Gasteiger partial charge in [0.15, 0.2) is 0 Å². The Kier molecular flexibility index (Phi) is 1.83. The first-order chi connectivity index (χ1) is 5.75. The van der Waals surface area contributed by atoms with Gasteiger partial charge in [-0.05, 0) is 25.8 Å². The predicted octanol–water partition coefficient (Wildman–Crippen LogP) is 0.361. The fraction of sp³-hybridized carbons (Fsp3) is 0.889. The summed E-state index contributed by atoms with van der Waals surface area (Å²) in [5.41, 5.74) is 0.200. The smallest absolute Gasteiger partial charge is 0.219 e. The van der Waals surface area contributed by atoms with Crippen molar-refractivity contribution in [3.05, 3.63) is 0 Å². The van der Waals surface area contributed by atoms with E-state index in [0.717, 1.165) is 26.1 Å². The van der Waals surface area contributed by atoms with E-state index >= 15 is 0 Å². The number of carbonyl (C=O) groups excluding carboxylic acids is 1. The van der Waals surface area contributed by atoms with E-state index < -0.39 is 0 Å². The Hall–Kier alpha value is -0.570. The highest BCUT2D eigenvalue weighted by atomic mass is 16.2. The van der Waals surface area contributed by atoms with Crippen LogP contribution in [0.1, 0.15) is 26.2 Å². The minimum Gasteiger partial charge on any atom is -0.336 e. The Morgan fingerprint density at radius 2 is 2.33 bits per heavy atom. The molecule has 2 heterocycles. The van der Waals surface area contributed by atoms with Crippen LogP contribution >= 0.6 is 0 Å². The van der Waals surface area contributed by atoms with Gasteiger partial charge in [0, 0.05) is 20.0 Å². The van der Waals surface area contributed by atoms with Gasteiger partial charge >= 0.3 is 0 Å². The predicted molar refractivity (Wildman–Crippen MR) is 46.8 cm³/mol. The molecule has 0 unspecified atom stereocenters. The van der Waals surface area contributed by atoms with Gasteiger partial charge in [-0.1, -0.05) is 0 Å². The molecule has 2 fully saturated rings. The summed E-state index contributed by atoms with van der Waals surface area (Å²) in [5, 5.41) is 3.35. The van der Waals surface area contributed by atoms with Crippen molar-refractivity contribution in [3.8, 4) is 0 Å². The van der Waals surface area contributed by atoms with Gasteiger partial charge in [-0.15, -0.1) is 0 Å². The summed E-state index contributed by atoms with van der Waals surface area (Å²) in [6, 6.07) is 0. The van der Waals surface area contributed by atoms with Gasteiger partial charge in [0.05, 0.1) is 5.54 Å². The van der Waals surface area contributed by atoms with Crippen LogP contribution in [0.15, 0.2) is 0 Å². The molecule has 0 radical (unpaired) electrons. The zero-order valence-corrected chi connectivity index (χ0v) is 7.60. The van der Waals surface area contributed by atoms with E-state index in [0.29, 0.717) is 0 Å². The molecule has 3 heteroatoms. The van der Waals surface area contributed by atoms with Crippen molar-refractivity contribution in [3.63, 3.8) is 0 Å². The molecule has 2 saturated heterocycles. The number of nitrogens with one attached hydrogen (secondary N) is 1. The van der Waals surface area contributed by atoms with Crippen molar-refractivity contribution in [1.82, 2.24) is 10.2 Å². The lowest BCUT2D eigenvalue weighted by atomic mass is 9.95. The van der Waals surface area contributed by atoms with Gasteiger partial charge in [0.25, 0.3) is 0 Å². The molecule has 1 N–H and O–H groups in total. The Morgan fingerprint density at radius 1 is 1.50 bits per heavy atom. The van der Waals surface area contributed by atoms with E-state index in [1.807, 2.05) is 0 Å². The lowest BCUT2D eigenvalue weighted by Crippen LogP contribution is -2.47. The molecule has 12 heavy (non-hydrogen) atoms. The maximum Gasteiger partial charge on any atom is 0.219 e. The first kappa shape index (κ1) is 8.05. The van der Waals surface area contributed by atoms with Crippen molar-refractivity contribution < 1.29 is 4.79 Å². The van der Waals surface area contributed by atoms with Crippen LogP contribution in [0.2, 0.25) is 0 Å². The van der Waals surface area contributed by atoms with Crippen LogP contribution in [0, 0.1) is 0 Å². The fourth-order valence-corrected chi connectivity index (χ4v) is 2.60. The molecular formula is C9H16N2O. The molecule has 3 nitrogen and oxygen atoms in total. The third-order valence-corrected chi connectivity index (χ3v) is 3.20. The maximum atomic E-state index is 11.3. The molecule has 0 aromatic heterocycles. The molecule has 1 amide bonds. The number of carbonyl (C=O) groups is 1. The average Bonchev–Trinajstić information content (AvgIpc) is 2.61. The van der Waals surface area contributed by atoms with Gasteiger partial charge in [0.2, 0.25) is 5.91 Å². The van der Waals surface area contributed by atoms with Crippen molar-refractivity contribution in [2.75, 3.05) is 19.6 Å². The Morgan fingerprint density at radius 3 is 2.92 bits per heavy atom. The highest BCUT2D eigenvalue weighted by Gasteiger charge is 2.44. The molecule has 2 rings (SSSR count). The summed E-state index contributed by atoms with van der Waals surface area (Å²) in [7, 11) is 0. The number of hydrogen-bond acceptors (Lipinski definition) is 2. The molecule has 0 bridgehead atoms. The van der Waals surface area contributed by atoms with E-state index in [9.17, 15) is 4.79 Å². The Balaban J connectivity index is 2.17. The molecule has 0 aromatic rings. The molecule has 1 atom stereocenters. The van der Waals surface area contributed by atoms with Crippen molar-refractivity contribution >= 4 is 5.91 Å². The molecule has 1 spiro atoms. The van der Waals surface area contributed by atoms with Gasteiger partial charge in [-0.25, -0.2) is 0 Å². The minimum atomic E-state index is 0.200. The van der Waals surface area contributed by atoms with Gasteiger partial charge in [-0.2, -0.15) is 0 Å². The number of likely N-dealkylation sites (tertiary alicyclic amines) is 1. The Labute approximate surface area is 73.1 Å². The minimum absolute atomic E-state index is 0.200. The van der Waals surface area contributed by atoms with Gasteiger partial charge < -0.3 is 10.2 Å². The van der Waals surface area contributed by atoms with Crippen LogP contribution in [-0.2, 0) is 4.79 Å². The van der Waals surface area contributed by atoms with Crippen molar-refractivity contribution in [2.45, 2.75) is 31.7 Å². The van der Waals surface area contributed by atoms with Gasteiger partial charge in [-0.3, -0.25) is 4.79 Å². The van der Waals surface area contributed by atoms with Crippen LogP contribution in [0.25, 0.3) is 0 Å². The number of hydrogen-bond donors (Lipinski definition) is 1. The lowest BCUT2D eigenvalue weighted by molar-refractivity contribution is -0.132. The summed E-state index contributed by atoms with van der Waals surface area (Å²) in [6.07, 6.45) is 3.52. The second kappa shape index (κ2) is 2.73. The van der Waals surface area contributed by atoms with E-state index in [1.54, 1.807) is 6.92 Å². The normalized spacial score (nSPS) is 34.9. The molecular weight excluding hydrogens is 152 g/mol. The summed E-state index contributed by atoms with van der Waals surface area (Å²) >= 11 is 0. The maximum absolute atomic E-state index is 11.3. The third kappa shape index (κ3) is 1.04. The van der Waals surface area contributed by atoms with E-state index in [4.69, 9.17) is 0 Å². The fourth-order valence-electron chi connectivity index (χ4n) is 2.60. The number of nitrogens with zero attached hydrogens (tertiary/aromatic N) is 1. The first-order valence-corrected chi connectivity index (χ1v) is 4.74. The summed E-state index contributed by atoms with van der Waals surface area (Å²) in [4.78, 5) is 13.4. The van der Waals surface area contributed by atoms with Crippen LogP contribution in [0.3, 0.4) is 0 Å². The van der Waals surface area contributed by atoms with Crippen LogP contribution in [0.4, 0.5) is 0 Å². The SMILES string of the molecule is CC(=O)N1CCC[C@@]12CCNC2. The number of rotatable bonds is 0. The van der Waals surface area contributed by atoms with E-state index in [1.165, 1.54) is 12.8 Å².